The van der Waals surface area contributed by atoms with E-state index in [0.29, 0.717) is 12.6 Å². The highest BCUT2D eigenvalue weighted by Gasteiger charge is 2.20. The number of sulfonamides is 1. The average molecular weight is 288 g/mol. The number of hydrogen-bond donors (Lipinski definition) is 2. The van der Waals surface area contributed by atoms with E-state index in [9.17, 15) is 12.8 Å². The molecule has 106 valence electrons. The molecule has 0 spiro atoms. The van der Waals surface area contributed by atoms with Crippen LogP contribution >= 0.6 is 0 Å². The third kappa shape index (κ3) is 3.89. The minimum Gasteiger partial charge on any atom is -0.494 e. The smallest absolute Gasteiger partial charge is 0.240 e. The fourth-order valence-corrected chi connectivity index (χ4v) is 2.69. The SMILES string of the molecule is COc1ccc(S(=O)(=O)NCCNC2CC2)cc1F. The molecule has 7 heteroatoms. The molecule has 1 saturated carbocycles. The predicted octanol–water partition coefficient (Wildman–Crippen LogP) is 0.865. The van der Waals surface area contributed by atoms with Gasteiger partial charge in [-0.25, -0.2) is 17.5 Å². The van der Waals surface area contributed by atoms with Crippen LogP contribution in [0.1, 0.15) is 12.8 Å². The highest BCUT2D eigenvalue weighted by Crippen LogP contribution is 2.20. The zero-order valence-electron chi connectivity index (χ0n) is 10.6. The first-order valence-corrected chi connectivity index (χ1v) is 7.58. The lowest BCUT2D eigenvalue weighted by atomic mass is 10.3. The van der Waals surface area contributed by atoms with Crippen molar-refractivity contribution in [3.63, 3.8) is 0 Å². The molecule has 1 aromatic rings. The lowest BCUT2D eigenvalue weighted by Crippen LogP contribution is -2.32. The van der Waals surface area contributed by atoms with Crippen molar-refractivity contribution in [1.29, 1.82) is 0 Å². The third-order valence-corrected chi connectivity index (χ3v) is 4.32. The zero-order chi connectivity index (χ0) is 13.9. The van der Waals surface area contributed by atoms with E-state index in [1.807, 2.05) is 0 Å². The fourth-order valence-electron chi connectivity index (χ4n) is 1.65. The summed E-state index contributed by atoms with van der Waals surface area (Å²) in [6.45, 7) is 0.856. The second kappa shape index (κ2) is 5.85. The third-order valence-electron chi connectivity index (χ3n) is 2.86. The Hall–Kier alpha value is -1.18. The van der Waals surface area contributed by atoms with Gasteiger partial charge in [-0.2, -0.15) is 0 Å². The molecule has 2 rings (SSSR count). The van der Waals surface area contributed by atoms with Crippen molar-refractivity contribution in [2.45, 2.75) is 23.8 Å². The van der Waals surface area contributed by atoms with E-state index >= 15 is 0 Å². The first-order chi connectivity index (χ1) is 9.03. The quantitative estimate of drug-likeness (QED) is 0.730. The molecule has 0 saturated heterocycles. The maximum absolute atomic E-state index is 13.5. The van der Waals surface area contributed by atoms with Crippen LogP contribution in [-0.4, -0.2) is 34.7 Å². The minimum absolute atomic E-state index is 0.0225. The van der Waals surface area contributed by atoms with Crippen molar-refractivity contribution in [2.75, 3.05) is 20.2 Å². The van der Waals surface area contributed by atoms with Crippen LogP contribution in [0.25, 0.3) is 0 Å². The highest BCUT2D eigenvalue weighted by molar-refractivity contribution is 7.89. The maximum Gasteiger partial charge on any atom is 0.240 e. The van der Waals surface area contributed by atoms with Crippen molar-refractivity contribution in [1.82, 2.24) is 10.0 Å². The summed E-state index contributed by atoms with van der Waals surface area (Å²) in [5, 5.41) is 3.19. The second-order valence-corrected chi connectivity index (χ2v) is 6.19. The van der Waals surface area contributed by atoms with E-state index < -0.39 is 15.8 Å². The van der Waals surface area contributed by atoms with Gasteiger partial charge >= 0.3 is 0 Å². The summed E-state index contributed by atoms with van der Waals surface area (Å²) in [7, 11) is -2.34. The summed E-state index contributed by atoms with van der Waals surface area (Å²) in [6, 6.07) is 4.10. The maximum atomic E-state index is 13.5. The Morgan fingerprint density at radius 1 is 1.37 bits per heavy atom. The molecule has 0 atom stereocenters. The van der Waals surface area contributed by atoms with Gasteiger partial charge in [0.2, 0.25) is 10.0 Å². The molecule has 2 N–H and O–H groups in total. The standard InChI is InChI=1S/C12H17FN2O3S/c1-18-12-5-4-10(8-11(12)13)19(16,17)15-7-6-14-9-2-3-9/h4-5,8-9,14-15H,2-3,6-7H2,1H3. The zero-order valence-corrected chi connectivity index (χ0v) is 11.5. The summed E-state index contributed by atoms with van der Waals surface area (Å²) in [5.41, 5.74) is 0. The number of rotatable bonds is 7. The Morgan fingerprint density at radius 2 is 2.11 bits per heavy atom. The van der Waals surface area contributed by atoms with Gasteiger partial charge in [-0.15, -0.1) is 0 Å². The largest absolute Gasteiger partial charge is 0.494 e. The number of hydrogen-bond acceptors (Lipinski definition) is 4. The fraction of sp³-hybridized carbons (Fsp3) is 0.500. The van der Waals surface area contributed by atoms with Crippen molar-refractivity contribution >= 4 is 10.0 Å². The van der Waals surface area contributed by atoms with Gasteiger partial charge in [0.15, 0.2) is 11.6 Å². The number of halogens is 1. The van der Waals surface area contributed by atoms with Crippen LogP contribution < -0.4 is 14.8 Å². The molecule has 0 amide bonds. The molecular formula is C12H17FN2O3S. The first-order valence-electron chi connectivity index (χ1n) is 6.09. The molecule has 0 unspecified atom stereocenters. The molecule has 0 bridgehead atoms. The van der Waals surface area contributed by atoms with Crippen LogP contribution in [-0.2, 0) is 10.0 Å². The molecular weight excluding hydrogens is 271 g/mol. The van der Waals surface area contributed by atoms with Crippen LogP contribution in [0.15, 0.2) is 23.1 Å². The topological polar surface area (TPSA) is 67.4 Å². The van der Waals surface area contributed by atoms with Crippen LogP contribution in [0.2, 0.25) is 0 Å². The molecule has 1 aromatic carbocycles. The number of methoxy groups -OCH3 is 1. The molecule has 0 heterocycles. The molecule has 0 radical (unpaired) electrons. The summed E-state index contributed by atoms with van der Waals surface area (Å²) in [6.07, 6.45) is 2.30. The van der Waals surface area contributed by atoms with Crippen LogP contribution in [0.5, 0.6) is 5.75 Å². The average Bonchev–Trinajstić information content (AvgIpc) is 3.18. The van der Waals surface area contributed by atoms with Gasteiger partial charge in [-0.05, 0) is 31.0 Å². The Labute approximate surface area is 112 Å². The van der Waals surface area contributed by atoms with Crippen LogP contribution in [0.3, 0.4) is 0 Å². The molecule has 1 fully saturated rings. The van der Waals surface area contributed by atoms with Crippen molar-refractivity contribution in [3.8, 4) is 5.75 Å². The Balaban J connectivity index is 1.95. The van der Waals surface area contributed by atoms with E-state index in [-0.39, 0.29) is 17.2 Å². The number of ether oxygens (including phenoxy) is 1. The summed E-state index contributed by atoms with van der Waals surface area (Å²) in [5.74, 6) is -0.671. The van der Waals surface area contributed by atoms with Crippen molar-refractivity contribution < 1.29 is 17.5 Å². The monoisotopic (exact) mass is 288 g/mol. The molecule has 0 aliphatic heterocycles. The van der Waals surface area contributed by atoms with Gasteiger partial charge in [0.1, 0.15) is 0 Å². The molecule has 5 nitrogen and oxygen atoms in total. The molecule has 1 aliphatic rings. The van der Waals surface area contributed by atoms with E-state index in [4.69, 9.17) is 4.74 Å². The Bertz CT molecular complexity index is 544. The lowest BCUT2D eigenvalue weighted by Gasteiger charge is -2.08. The van der Waals surface area contributed by atoms with E-state index in [1.165, 1.54) is 19.2 Å². The van der Waals surface area contributed by atoms with Gasteiger partial charge in [-0.3, -0.25) is 0 Å². The summed E-state index contributed by atoms with van der Waals surface area (Å²) < 4.78 is 44.4. The highest BCUT2D eigenvalue weighted by atomic mass is 32.2. The van der Waals surface area contributed by atoms with Gasteiger partial charge < -0.3 is 10.1 Å². The molecule has 19 heavy (non-hydrogen) atoms. The van der Waals surface area contributed by atoms with Crippen molar-refractivity contribution in [3.05, 3.63) is 24.0 Å². The van der Waals surface area contributed by atoms with Crippen LogP contribution in [0, 0.1) is 5.82 Å². The van der Waals surface area contributed by atoms with Crippen LogP contribution in [0.4, 0.5) is 4.39 Å². The number of nitrogens with one attached hydrogen (secondary N) is 2. The molecule has 0 aromatic heterocycles. The van der Waals surface area contributed by atoms with E-state index in [1.54, 1.807) is 0 Å². The van der Waals surface area contributed by atoms with E-state index in [0.717, 1.165) is 18.9 Å². The predicted molar refractivity (Wildman–Crippen MR) is 69.2 cm³/mol. The molecule has 1 aliphatic carbocycles. The van der Waals surface area contributed by atoms with E-state index in [2.05, 4.69) is 10.0 Å². The summed E-state index contributed by atoms with van der Waals surface area (Å²) >= 11 is 0. The van der Waals surface area contributed by atoms with Gasteiger partial charge in [0.25, 0.3) is 0 Å². The second-order valence-electron chi connectivity index (χ2n) is 4.42. The minimum atomic E-state index is -3.67. The normalized spacial score (nSPS) is 15.5. The van der Waals surface area contributed by atoms with Crippen molar-refractivity contribution in [2.24, 2.45) is 0 Å². The van der Waals surface area contributed by atoms with Gasteiger partial charge in [0, 0.05) is 19.1 Å². The lowest BCUT2D eigenvalue weighted by molar-refractivity contribution is 0.385. The van der Waals surface area contributed by atoms with Gasteiger partial charge in [-0.1, -0.05) is 0 Å². The Morgan fingerprint density at radius 3 is 2.68 bits per heavy atom. The summed E-state index contributed by atoms with van der Waals surface area (Å²) in [4.78, 5) is -0.0998. The van der Waals surface area contributed by atoms with Gasteiger partial charge in [0.05, 0.1) is 12.0 Å². The Kier molecular flexibility index (Phi) is 4.38. The first kappa shape index (κ1) is 14.2. The number of benzene rings is 1.